The first-order valence-corrected chi connectivity index (χ1v) is 7.02. The van der Waals surface area contributed by atoms with E-state index in [-0.39, 0.29) is 11.7 Å². The van der Waals surface area contributed by atoms with Crippen LogP contribution in [0.4, 0.5) is 11.4 Å². The quantitative estimate of drug-likeness (QED) is 0.844. The van der Waals surface area contributed by atoms with Crippen molar-refractivity contribution in [2.24, 2.45) is 0 Å². The molecular weight excluding hydrogens is 264 g/mol. The summed E-state index contributed by atoms with van der Waals surface area (Å²) >= 11 is 0. The van der Waals surface area contributed by atoms with E-state index in [1.165, 1.54) is 0 Å². The van der Waals surface area contributed by atoms with E-state index < -0.39 is 0 Å². The van der Waals surface area contributed by atoms with Gasteiger partial charge in [-0.25, -0.2) is 0 Å². The molecule has 0 bridgehead atoms. The monoisotopic (exact) mass is 282 g/mol. The summed E-state index contributed by atoms with van der Waals surface area (Å²) < 4.78 is 5.43. The minimum Gasteiger partial charge on any atom is -0.469 e. The molecule has 0 radical (unpaired) electrons. The molecule has 0 aliphatic heterocycles. The molecule has 0 saturated heterocycles. The summed E-state index contributed by atoms with van der Waals surface area (Å²) in [5, 5.41) is 3.27. The number of nitrogens with one attached hydrogen (secondary N) is 1. The van der Waals surface area contributed by atoms with Crippen LogP contribution in [0.25, 0.3) is 0 Å². The summed E-state index contributed by atoms with van der Waals surface area (Å²) in [5.41, 5.74) is 9.52. The van der Waals surface area contributed by atoms with Crippen LogP contribution < -0.4 is 11.1 Å². The van der Waals surface area contributed by atoms with Gasteiger partial charge in [0.25, 0.3) is 0 Å². The third-order valence-corrected chi connectivity index (χ3v) is 3.70. The number of anilines is 2. The fraction of sp³-hybridized carbons (Fsp3) is 0.235. The zero-order valence-corrected chi connectivity index (χ0v) is 11.9. The lowest BCUT2D eigenvalue weighted by Gasteiger charge is -2.22. The molecule has 21 heavy (non-hydrogen) atoms. The normalized spacial score (nSPS) is 18.4. The number of rotatable bonds is 3. The highest BCUT2D eigenvalue weighted by Crippen LogP contribution is 2.33. The molecule has 0 amide bonds. The zero-order valence-electron chi connectivity index (χ0n) is 11.9. The van der Waals surface area contributed by atoms with Crippen molar-refractivity contribution in [2.45, 2.75) is 25.7 Å². The number of benzene rings is 1. The van der Waals surface area contributed by atoms with E-state index in [1.54, 1.807) is 12.3 Å². The Hall–Kier alpha value is -2.49. The number of ketones is 1. The molecule has 108 valence electrons. The fourth-order valence-corrected chi connectivity index (χ4v) is 2.67. The minimum absolute atomic E-state index is 0.0895. The van der Waals surface area contributed by atoms with Gasteiger partial charge in [0.1, 0.15) is 5.76 Å². The summed E-state index contributed by atoms with van der Waals surface area (Å²) in [4.78, 5) is 11.9. The number of nitrogen functional groups attached to an aromatic ring is 1. The van der Waals surface area contributed by atoms with Crippen molar-refractivity contribution in [3.05, 3.63) is 59.7 Å². The molecular formula is C17H18N2O2. The highest BCUT2D eigenvalue weighted by Gasteiger charge is 2.24. The molecule has 0 fully saturated rings. The molecule has 4 heteroatoms. The van der Waals surface area contributed by atoms with E-state index in [0.717, 1.165) is 29.1 Å². The fourth-order valence-electron chi connectivity index (χ4n) is 2.67. The van der Waals surface area contributed by atoms with Gasteiger partial charge in [0, 0.05) is 24.1 Å². The van der Waals surface area contributed by atoms with E-state index in [1.807, 2.05) is 37.3 Å². The van der Waals surface area contributed by atoms with Crippen molar-refractivity contribution in [1.29, 1.82) is 0 Å². The number of carbonyl (C=O) groups is 1. The van der Waals surface area contributed by atoms with Crippen molar-refractivity contribution >= 4 is 17.2 Å². The predicted molar refractivity (Wildman–Crippen MR) is 83.0 cm³/mol. The Morgan fingerprint density at radius 3 is 2.86 bits per heavy atom. The maximum Gasteiger partial charge on any atom is 0.158 e. The second-order valence-corrected chi connectivity index (χ2v) is 5.47. The van der Waals surface area contributed by atoms with E-state index in [0.29, 0.717) is 12.1 Å². The summed E-state index contributed by atoms with van der Waals surface area (Å²) in [6, 6.07) is 9.61. The van der Waals surface area contributed by atoms with Crippen LogP contribution >= 0.6 is 0 Å². The Morgan fingerprint density at radius 2 is 2.14 bits per heavy atom. The van der Waals surface area contributed by atoms with Gasteiger partial charge in [-0.05, 0) is 43.2 Å². The second-order valence-electron chi connectivity index (χ2n) is 5.47. The molecule has 3 rings (SSSR count). The van der Waals surface area contributed by atoms with Gasteiger partial charge in [-0.1, -0.05) is 6.07 Å². The molecule has 1 aliphatic carbocycles. The van der Waals surface area contributed by atoms with Crippen LogP contribution in [-0.4, -0.2) is 5.78 Å². The highest BCUT2D eigenvalue weighted by atomic mass is 16.3. The van der Waals surface area contributed by atoms with Crippen molar-refractivity contribution in [3.8, 4) is 0 Å². The first kappa shape index (κ1) is 13.5. The molecule has 1 atom stereocenters. The lowest BCUT2D eigenvalue weighted by Crippen LogP contribution is -2.16. The summed E-state index contributed by atoms with van der Waals surface area (Å²) in [6.45, 7) is 2.00. The lowest BCUT2D eigenvalue weighted by molar-refractivity contribution is -0.115. The Kier molecular flexibility index (Phi) is 3.52. The van der Waals surface area contributed by atoms with Gasteiger partial charge in [-0.2, -0.15) is 0 Å². The molecule has 4 nitrogen and oxygen atoms in total. The third-order valence-electron chi connectivity index (χ3n) is 3.70. The SMILES string of the molecule is Cc1ccc(NC2=CC(=O)C[C@@H](c3ccco3)C2)c(N)c1. The molecule has 0 saturated carbocycles. The van der Waals surface area contributed by atoms with Gasteiger partial charge in [-0.3, -0.25) is 4.79 Å². The zero-order chi connectivity index (χ0) is 14.8. The van der Waals surface area contributed by atoms with E-state index >= 15 is 0 Å². The van der Waals surface area contributed by atoms with E-state index in [4.69, 9.17) is 10.2 Å². The van der Waals surface area contributed by atoms with Crippen LogP contribution in [0.2, 0.25) is 0 Å². The average Bonchev–Trinajstić information content (AvgIpc) is 2.95. The molecule has 1 aromatic carbocycles. The van der Waals surface area contributed by atoms with Crippen LogP contribution in [0.3, 0.4) is 0 Å². The number of hydrogen-bond donors (Lipinski definition) is 2. The standard InChI is InChI=1S/C17H18N2O2/c1-11-4-5-16(15(18)7-11)19-13-8-12(9-14(20)10-13)17-3-2-6-21-17/h2-7,10,12,19H,8-9,18H2,1H3/t12-/m0/s1. The van der Waals surface area contributed by atoms with Gasteiger partial charge in [0.2, 0.25) is 0 Å². The molecule has 3 N–H and O–H groups in total. The number of allylic oxidation sites excluding steroid dienone is 2. The highest BCUT2D eigenvalue weighted by molar-refractivity contribution is 5.92. The smallest absolute Gasteiger partial charge is 0.158 e. The van der Waals surface area contributed by atoms with Crippen LogP contribution in [0.15, 0.2) is 52.8 Å². The number of hydrogen-bond acceptors (Lipinski definition) is 4. The van der Waals surface area contributed by atoms with Crippen molar-refractivity contribution in [1.82, 2.24) is 0 Å². The molecule has 1 aromatic heterocycles. The van der Waals surface area contributed by atoms with Crippen LogP contribution in [0.1, 0.15) is 30.1 Å². The largest absolute Gasteiger partial charge is 0.469 e. The number of carbonyl (C=O) groups excluding carboxylic acids is 1. The lowest BCUT2D eigenvalue weighted by atomic mass is 9.89. The van der Waals surface area contributed by atoms with Gasteiger partial charge < -0.3 is 15.5 Å². The molecule has 1 aliphatic rings. The third kappa shape index (κ3) is 2.99. The van der Waals surface area contributed by atoms with Crippen molar-refractivity contribution in [2.75, 3.05) is 11.1 Å². The van der Waals surface area contributed by atoms with Crippen LogP contribution in [0.5, 0.6) is 0 Å². The summed E-state index contributed by atoms with van der Waals surface area (Å²) in [5.74, 6) is 1.05. The molecule has 0 spiro atoms. The maximum atomic E-state index is 11.9. The van der Waals surface area contributed by atoms with Gasteiger partial charge >= 0.3 is 0 Å². The van der Waals surface area contributed by atoms with E-state index in [9.17, 15) is 4.79 Å². The minimum atomic E-state index is 0.0895. The molecule has 0 unspecified atom stereocenters. The Labute approximate surface area is 123 Å². The van der Waals surface area contributed by atoms with Crippen molar-refractivity contribution in [3.63, 3.8) is 0 Å². The Bertz CT molecular complexity index is 687. The summed E-state index contributed by atoms with van der Waals surface area (Å²) in [7, 11) is 0. The summed E-state index contributed by atoms with van der Waals surface area (Å²) in [6.07, 6.45) is 4.54. The number of furan rings is 1. The molecule has 2 aromatic rings. The Balaban J connectivity index is 1.80. The van der Waals surface area contributed by atoms with E-state index in [2.05, 4.69) is 5.32 Å². The average molecular weight is 282 g/mol. The second kappa shape index (κ2) is 5.48. The number of nitrogens with two attached hydrogens (primary N) is 1. The van der Waals surface area contributed by atoms with Crippen LogP contribution in [-0.2, 0) is 4.79 Å². The first-order valence-electron chi connectivity index (χ1n) is 7.02. The topological polar surface area (TPSA) is 68.3 Å². The van der Waals surface area contributed by atoms with Gasteiger partial charge in [0.05, 0.1) is 17.6 Å². The molecule has 1 heterocycles. The Morgan fingerprint density at radius 1 is 1.29 bits per heavy atom. The van der Waals surface area contributed by atoms with Crippen molar-refractivity contribution < 1.29 is 9.21 Å². The van der Waals surface area contributed by atoms with Crippen LogP contribution in [0, 0.1) is 6.92 Å². The van der Waals surface area contributed by atoms with Gasteiger partial charge in [0.15, 0.2) is 5.78 Å². The predicted octanol–water partition coefficient (Wildman–Crippen LogP) is 3.61. The number of aryl methyl sites for hydroxylation is 1. The maximum absolute atomic E-state index is 11.9. The van der Waals surface area contributed by atoms with Gasteiger partial charge in [-0.15, -0.1) is 0 Å². The first-order chi connectivity index (χ1) is 10.1.